The van der Waals surface area contributed by atoms with Crippen molar-refractivity contribution in [2.24, 2.45) is 5.92 Å². The van der Waals surface area contributed by atoms with Crippen molar-refractivity contribution in [1.29, 1.82) is 0 Å². The summed E-state index contributed by atoms with van der Waals surface area (Å²) in [5.41, 5.74) is -1.33. The summed E-state index contributed by atoms with van der Waals surface area (Å²) in [4.78, 5) is 28.2. The van der Waals surface area contributed by atoms with Gasteiger partial charge in [0.25, 0.3) is 0 Å². The number of carbonyl (C=O) groups is 2. The Kier molecular flexibility index (Phi) is 7.55. The molecule has 1 saturated carbocycles. The van der Waals surface area contributed by atoms with Crippen LogP contribution in [0, 0.1) is 11.7 Å². The van der Waals surface area contributed by atoms with Gasteiger partial charge in [0.2, 0.25) is 5.88 Å². The van der Waals surface area contributed by atoms with Gasteiger partial charge in [-0.25, -0.2) is 9.37 Å². The van der Waals surface area contributed by atoms with Crippen molar-refractivity contribution in [3.63, 3.8) is 0 Å². The number of pyridine rings is 1. The Morgan fingerprint density at radius 1 is 1.05 bits per heavy atom. The molecule has 1 amide bonds. The number of ether oxygens (including phenoxy) is 2. The number of esters is 1. The Hall–Kier alpha value is -4.23. The van der Waals surface area contributed by atoms with Gasteiger partial charge < -0.3 is 24.5 Å². The SMILES string of the molecule is COC(=O)[C@H]1CC[C@@H](Oc2ccc(NC(=O)c3nnc(Nc4ccc(F)c(C(F)(F)F)c4)o3)cn2)CC1. The highest BCUT2D eigenvalue weighted by Gasteiger charge is 2.34. The summed E-state index contributed by atoms with van der Waals surface area (Å²) in [6, 6.07) is 4.98. The molecule has 0 spiro atoms. The third-order valence-electron chi connectivity index (χ3n) is 5.63. The maximum Gasteiger partial charge on any atom is 0.419 e. The van der Waals surface area contributed by atoms with Gasteiger partial charge in [-0.2, -0.15) is 13.2 Å². The van der Waals surface area contributed by atoms with E-state index in [2.05, 4.69) is 25.8 Å². The van der Waals surface area contributed by atoms with E-state index < -0.39 is 29.4 Å². The number of nitrogens with zero attached hydrogens (tertiary/aromatic N) is 3. The minimum absolute atomic E-state index is 0.0912. The van der Waals surface area contributed by atoms with Crippen molar-refractivity contribution in [2.75, 3.05) is 17.7 Å². The number of nitrogens with one attached hydrogen (secondary N) is 2. The van der Waals surface area contributed by atoms with Crippen LogP contribution in [0.2, 0.25) is 0 Å². The molecule has 2 N–H and O–H groups in total. The van der Waals surface area contributed by atoms with Crippen LogP contribution in [0.25, 0.3) is 0 Å². The van der Waals surface area contributed by atoms with Crippen LogP contribution in [0.15, 0.2) is 40.9 Å². The minimum Gasteiger partial charge on any atom is -0.474 e. The first-order chi connectivity index (χ1) is 17.6. The van der Waals surface area contributed by atoms with Crippen LogP contribution in [-0.2, 0) is 15.7 Å². The van der Waals surface area contributed by atoms with Crippen molar-refractivity contribution in [2.45, 2.75) is 38.0 Å². The zero-order valence-electron chi connectivity index (χ0n) is 19.3. The van der Waals surface area contributed by atoms with Gasteiger partial charge in [0.05, 0.1) is 30.5 Å². The molecule has 14 heteroatoms. The highest BCUT2D eigenvalue weighted by Crippen LogP contribution is 2.33. The molecule has 0 unspecified atom stereocenters. The van der Waals surface area contributed by atoms with Crippen LogP contribution in [0.3, 0.4) is 0 Å². The number of hydrogen-bond acceptors (Lipinski definition) is 9. The molecule has 0 radical (unpaired) electrons. The second-order valence-corrected chi connectivity index (χ2v) is 8.18. The number of hydrogen-bond donors (Lipinski definition) is 2. The lowest BCUT2D eigenvalue weighted by molar-refractivity contribution is -0.147. The quantitative estimate of drug-likeness (QED) is 0.334. The number of halogens is 4. The Morgan fingerprint density at radius 2 is 1.78 bits per heavy atom. The molecule has 1 fully saturated rings. The number of amides is 1. The van der Waals surface area contributed by atoms with Gasteiger partial charge in [-0.05, 0) is 49.9 Å². The average molecular weight is 523 g/mol. The lowest BCUT2D eigenvalue weighted by Gasteiger charge is -2.27. The highest BCUT2D eigenvalue weighted by molar-refractivity contribution is 6.00. The van der Waals surface area contributed by atoms with E-state index in [-0.39, 0.29) is 29.7 Å². The zero-order chi connectivity index (χ0) is 26.6. The van der Waals surface area contributed by atoms with Crippen LogP contribution in [-0.4, -0.2) is 40.3 Å². The fourth-order valence-electron chi connectivity index (χ4n) is 3.77. The first-order valence-corrected chi connectivity index (χ1v) is 11.1. The van der Waals surface area contributed by atoms with Gasteiger partial charge in [0, 0.05) is 11.8 Å². The van der Waals surface area contributed by atoms with E-state index in [1.165, 1.54) is 13.3 Å². The monoisotopic (exact) mass is 523 g/mol. The summed E-state index contributed by atoms with van der Waals surface area (Å²) in [5.74, 6) is -2.67. The molecule has 1 aliphatic rings. The van der Waals surface area contributed by atoms with E-state index in [0.717, 1.165) is 6.07 Å². The molecular formula is C23H21F4N5O5. The van der Waals surface area contributed by atoms with Gasteiger partial charge in [-0.15, -0.1) is 5.10 Å². The van der Waals surface area contributed by atoms with Crippen molar-refractivity contribution in [3.05, 3.63) is 53.8 Å². The molecule has 0 saturated heterocycles. The molecule has 37 heavy (non-hydrogen) atoms. The summed E-state index contributed by atoms with van der Waals surface area (Å²) in [6.07, 6.45) is -0.924. The van der Waals surface area contributed by atoms with Crippen LogP contribution in [0.5, 0.6) is 5.88 Å². The number of alkyl halides is 3. The predicted molar refractivity (Wildman–Crippen MR) is 120 cm³/mol. The minimum atomic E-state index is -4.89. The topological polar surface area (TPSA) is 128 Å². The molecule has 4 rings (SSSR count). The second-order valence-electron chi connectivity index (χ2n) is 8.18. The molecule has 2 heterocycles. The highest BCUT2D eigenvalue weighted by atomic mass is 19.4. The van der Waals surface area contributed by atoms with Crippen LogP contribution >= 0.6 is 0 Å². The lowest BCUT2D eigenvalue weighted by Crippen LogP contribution is -2.28. The third kappa shape index (κ3) is 6.51. The van der Waals surface area contributed by atoms with Crippen molar-refractivity contribution >= 4 is 29.3 Å². The number of rotatable bonds is 7. The van der Waals surface area contributed by atoms with E-state index in [9.17, 15) is 27.2 Å². The fraction of sp³-hybridized carbons (Fsp3) is 0.348. The molecule has 1 aromatic carbocycles. The third-order valence-corrected chi connectivity index (χ3v) is 5.63. The molecule has 196 valence electrons. The Bertz CT molecular complexity index is 1260. The molecule has 0 bridgehead atoms. The number of benzene rings is 1. The smallest absolute Gasteiger partial charge is 0.419 e. The Labute approximate surface area is 207 Å². The average Bonchev–Trinajstić information content (AvgIpc) is 3.34. The number of aromatic nitrogens is 3. The largest absolute Gasteiger partial charge is 0.474 e. The zero-order valence-corrected chi connectivity index (χ0v) is 19.3. The maximum atomic E-state index is 13.4. The summed E-state index contributed by atoms with van der Waals surface area (Å²) in [5, 5.41) is 12.0. The second kappa shape index (κ2) is 10.8. The van der Waals surface area contributed by atoms with E-state index in [1.54, 1.807) is 12.1 Å². The fourth-order valence-corrected chi connectivity index (χ4v) is 3.77. The molecule has 3 aromatic rings. The van der Waals surface area contributed by atoms with E-state index in [4.69, 9.17) is 13.9 Å². The standard InChI is InChI=1S/C23H21F4N5O5/c1-35-21(34)12-2-6-15(7-3-12)36-18-9-5-14(11-28-18)29-19(33)20-31-32-22(37-20)30-13-4-8-17(24)16(10-13)23(25,26)27/h4-5,8-12,15H,2-3,6-7H2,1H3,(H,29,33)(H,30,32)/t12-,15+. The van der Waals surface area contributed by atoms with Gasteiger partial charge >= 0.3 is 30.0 Å². The molecule has 10 nitrogen and oxygen atoms in total. The lowest BCUT2D eigenvalue weighted by atomic mass is 9.87. The van der Waals surface area contributed by atoms with E-state index in [1.807, 2.05) is 0 Å². The summed E-state index contributed by atoms with van der Waals surface area (Å²) in [7, 11) is 1.37. The molecule has 1 aliphatic carbocycles. The normalized spacial score (nSPS) is 17.6. The van der Waals surface area contributed by atoms with E-state index in [0.29, 0.717) is 49.4 Å². The van der Waals surface area contributed by atoms with Gasteiger partial charge in [-0.1, -0.05) is 5.10 Å². The van der Waals surface area contributed by atoms with Crippen LogP contribution in [0.1, 0.15) is 41.9 Å². The summed E-state index contributed by atoms with van der Waals surface area (Å²) in [6.45, 7) is 0. The maximum absolute atomic E-state index is 13.4. The number of carbonyl (C=O) groups excluding carboxylic acids is 2. The Balaban J connectivity index is 1.31. The van der Waals surface area contributed by atoms with Crippen molar-refractivity contribution < 1.29 is 41.0 Å². The van der Waals surface area contributed by atoms with Gasteiger partial charge in [0.15, 0.2) is 0 Å². The first-order valence-electron chi connectivity index (χ1n) is 11.1. The molecule has 2 aromatic heterocycles. The number of methoxy groups -OCH3 is 1. The summed E-state index contributed by atoms with van der Waals surface area (Å²) >= 11 is 0. The molecule has 0 atom stereocenters. The summed E-state index contributed by atoms with van der Waals surface area (Å²) < 4.78 is 67.8. The first kappa shape index (κ1) is 25.9. The van der Waals surface area contributed by atoms with E-state index >= 15 is 0 Å². The molecule has 0 aliphatic heterocycles. The van der Waals surface area contributed by atoms with Gasteiger partial charge in [0.1, 0.15) is 11.9 Å². The Morgan fingerprint density at radius 3 is 2.43 bits per heavy atom. The van der Waals surface area contributed by atoms with Crippen LogP contribution in [0.4, 0.5) is 35.0 Å². The van der Waals surface area contributed by atoms with Crippen molar-refractivity contribution in [1.82, 2.24) is 15.2 Å². The van der Waals surface area contributed by atoms with Crippen molar-refractivity contribution in [3.8, 4) is 5.88 Å². The van der Waals surface area contributed by atoms with Gasteiger partial charge in [-0.3, -0.25) is 9.59 Å². The molecular weight excluding hydrogens is 502 g/mol. The predicted octanol–water partition coefficient (Wildman–Crippen LogP) is 4.73. The number of anilines is 3. The van der Waals surface area contributed by atoms with Crippen LogP contribution < -0.4 is 15.4 Å².